The molecule has 0 aliphatic rings. The maximum absolute atomic E-state index is 12.0. The molecule has 3 rings (SSSR count). The van der Waals surface area contributed by atoms with E-state index in [1.165, 1.54) is 0 Å². The lowest BCUT2D eigenvalue weighted by molar-refractivity contribution is -0.121. The van der Waals surface area contributed by atoms with Crippen molar-refractivity contribution in [3.63, 3.8) is 0 Å². The Hall–Kier alpha value is -2.64. The second-order valence-electron chi connectivity index (χ2n) is 5.29. The molecule has 0 saturated carbocycles. The van der Waals surface area contributed by atoms with Crippen LogP contribution in [0.1, 0.15) is 0 Å². The minimum atomic E-state index is -0.119. The van der Waals surface area contributed by atoms with Crippen LogP contribution in [-0.4, -0.2) is 40.9 Å². The molecule has 2 heterocycles. The summed E-state index contributed by atoms with van der Waals surface area (Å²) in [6.45, 7) is 1.09. The zero-order chi connectivity index (χ0) is 17.6. The predicted molar refractivity (Wildman–Crippen MR) is 93.1 cm³/mol. The van der Waals surface area contributed by atoms with Crippen LogP contribution in [0, 0.1) is 0 Å². The van der Waals surface area contributed by atoms with E-state index in [1.54, 1.807) is 30.0 Å². The quantitative estimate of drug-likeness (QED) is 0.655. The molecule has 0 spiro atoms. The Morgan fingerprint density at radius 1 is 1.32 bits per heavy atom. The van der Waals surface area contributed by atoms with E-state index in [1.807, 2.05) is 24.3 Å². The molecule has 1 amide bonds. The molecule has 0 unspecified atom stereocenters. The van der Waals surface area contributed by atoms with Gasteiger partial charge in [0.2, 0.25) is 11.7 Å². The van der Waals surface area contributed by atoms with Gasteiger partial charge in [0, 0.05) is 30.4 Å². The smallest absolute Gasteiger partial charge is 0.274 e. The SMILES string of the molecule is COCCNC(=O)Cn1cccc1-c1nc(-c2ccc(Cl)cc2)no1. The Labute approximate surface area is 149 Å². The number of hydrogen-bond donors (Lipinski definition) is 1. The van der Waals surface area contributed by atoms with E-state index in [9.17, 15) is 4.79 Å². The number of halogens is 1. The van der Waals surface area contributed by atoms with Crippen LogP contribution in [0.3, 0.4) is 0 Å². The number of carbonyl (C=O) groups is 1. The summed E-state index contributed by atoms with van der Waals surface area (Å²) in [7, 11) is 1.59. The highest BCUT2D eigenvalue weighted by molar-refractivity contribution is 6.30. The van der Waals surface area contributed by atoms with E-state index in [0.717, 1.165) is 5.56 Å². The number of hydrogen-bond acceptors (Lipinski definition) is 5. The van der Waals surface area contributed by atoms with Crippen molar-refractivity contribution in [2.75, 3.05) is 20.3 Å². The molecule has 0 radical (unpaired) electrons. The van der Waals surface area contributed by atoms with E-state index in [0.29, 0.717) is 35.6 Å². The first-order chi connectivity index (χ1) is 12.2. The molecule has 3 aromatic rings. The number of rotatable bonds is 7. The van der Waals surface area contributed by atoms with E-state index < -0.39 is 0 Å². The van der Waals surface area contributed by atoms with Gasteiger partial charge in [-0.1, -0.05) is 16.8 Å². The second-order valence-corrected chi connectivity index (χ2v) is 5.73. The Kier molecular flexibility index (Phi) is 5.47. The van der Waals surface area contributed by atoms with Crippen LogP contribution in [0.4, 0.5) is 0 Å². The first-order valence-corrected chi connectivity index (χ1v) is 8.06. The molecule has 2 aromatic heterocycles. The number of methoxy groups -OCH3 is 1. The summed E-state index contributed by atoms with van der Waals surface area (Å²) in [5.41, 5.74) is 1.48. The standard InChI is InChI=1S/C17H17ClN4O3/c1-24-10-8-19-15(23)11-22-9-2-3-14(22)17-20-16(21-25-17)12-4-6-13(18)7-5-12/h2-7,9H,8,10-11H2,1H3,(H,19,23). The summed E-state index contributed by atoms with van der Waals surface area (Å²) in [6, 6.07) is 10.8. The monoisotopic (exact) mass is 360 g/mol. The Morgan fingerprint density at radius 3 is 2.88 bits per heavy atom. The third-order valence-corrected chi connectivity index (χ3v) is 3.77. The van der Waals surface area contributed by atoms with Crippen LogP contribution < -0.4 is 5.32 Å². The van der Waals surface area contributed by atoms with Crippen molar-refractivity contribution in [3.05, 3.63) is 47.6 Å². The fourth-order valence-electron chi connectivity index (χ4n) is 2.29. The molecular weight excluding hydrogens is 344 g/mol. The van der Waals surface area contributed by atoms with Crippen molar-refractivity contribution < 1.29 is 14.1 Å². The lowest BCUT2D eigenvalue weighted by Gasteiger charge is -2.07. The summed E-state index contributed by atoms with van der Waals surface area (Å²) in [6.07, 6.45) is 1.79. The van der Waals surface area contributed by atoms with Gasteiger partial charge in [-0.2, -0.15) is 4.98 Å². The van der Waals surface area contributed by atoms with Crippen molar-refractivity contribution in [3.8, 4) is 23.0 Å². The van der Waals surface area contributed by atoms with Gasteiger partial charge >= 0.3 is 0 Å². The molecule has 0 atom stereocenters. The van der Waals surface area contributed by atoms with Crippen LogP contribution in [0.15, 0.2) is 47.1 Å². The van der Waals surface area contributed by atoms with Gasteiger partial charge in [-0.3, -0.25) is 4.79 Å². The number of nitrogens with zero attached hydrogens (tertiary/aromatic N) is 3. The Morgan fingerprint density at radius 2 is 2.12 bits per heavy atom. The molecule has 0 aliphatic carbocycles. The van der Waals surface area contributed by atoms with Gasteiger partial charge in [0.25, 0.3) is 5.89 Å². The third kappa shape index (κ3) is 4.26. The number of carbonyl (C=O) groups excluding carboxylic acids is 1. The minimum Gasteiger partial charge on any atom is -0.383 e. The van der Waals surface area contributed by atoms with Gasteiger partial charge in [0.1, 0.15) is 12.2 Å². The van der Waals surface area contributed by atoms with Crippen LogP contribution >= 0.6 is 11.6 Å². The highest BCUT2D eigenvalue weighted by atomic mass is 35.5. The van der Waals surface area contributed by atoms with Crippen molar-refractivity contribution in [2.24, 2.45) is 0 Å². The van der Waals surface area contributed by atoms with Gasteiger partial charge in [-0.25, -0.2) is 0 Å². The molecule has 1 N–H and O–H groups in total. The highest BCUT2D eigenvalue weighted by Crippen LogP contribution is 2.23. The zero-order valence-electron chi connectivity index (χ0n) is 13.6. The van der Waals surface area contributed by atoms with Crippen LogP contribution in [-0.2, 0) is 16.1 Å². The van der Waals surface area contributed by atoms with Crippen molar-refractivity contribution >= 4 is 17.5 Å². The average Bonchev–Trinajstić information content (AvgIpc) is 3.25. The molecule has 0 bridgehead atoms. The molecule has 8 heteroatoms. The number of nitrogens with one attached hydrogen (secondary N) is 1. The Bertz CT molecular complexity index is 842. The molecule has 0 fully saturated rings. The summed E-state index contributed by atoms with van der Waals surface area (Å²) < 4.78 is 12.0. The third-order valence-electron chi connectivity index (χ3n) is 3.52. The van der Waals surface area contributed by atoms with Crippen LogP contribution in [0.25, 0.3) is 23.0 Å². The second kappa shape index (κ2) is 7.96. The Balaban J connectivity index is 1.74. The summed E-state index contributed by atoms with van der Waals surface area (Å²) in [4.78, 5) is 16.4. The average molecular weight is 361 g/mol. The van der Waals surface area contributed by atoms with Gasteiger partial charge in [-0.15, -0.1) is 0 Å². The maximum atomic E-state index is 12.0. The molecule has 0 aliphatic heterocycles. The lowest BCUT2D eigenvalue weighted by Crippen LogP contribution is -2.30. The molecular formula is C17H17ClN4O3. The van der Waals surface area contributed by atoms with Crippen molar-refractivity contribution in [1.29, 1.82) is 0 Å². The molecule has 7 nitrogen and oxygen atoms in total. The zero-order valence-corrected chi connectivity index (χ0v) is 14.4. The van der Waals surface area contributed by atoms with E-state index >= 15 is 0 Å². The van der Waals surface area contributed by atoms with E-state index in [4.69, 9.17) is 20.9 Å². The topological polar surface area (TPSA) is 82.2 Å². The lowest BCUT2D eigenvalue weighted by atomic mass is 10.2. The molecule has 0 saturated heterocycles. The van der Waals surface area contributed by atoms with Crippen LogP contribution in [0.2, 0.25) is 5.02 Å². The minimum absolute atomic E-state index is 0.119. The first kappa shape index (κ1) is 17.2. The van der Waals surface area contributed by atoms with E-state index in [2.05, 4.69) is 15.5 Å². The molecule has 1 aromatic carbocycles. The van der Waals surface area contributed by atoms with Crippen molar-refractivity contribution in [2.45, 2.75) is 6.54 Å². The highest BCUT2D eigenvalue weighted by Gasteiger charge is 2.15. The fourth-order valence-corrected chi connectivity index (χ4v) is 2.42. The number of aromatic nitrogens is 3. The normalized spacial score (nSPS) is 10.8. The van der Waals surface area contributed by atoms with Gasteiger partial charge in [0.15, 0.2) is 0 Å². The summed E-state index contributed by atoms with van der Waals surface area (Å²) in [5, 5.41) is 7.41. The van der Waals surface area contributed by atoms with E-state index in [-0.39, 0.29) is 12.5 Å². The summed E-state index contributed by atoms with van der Waals surface area (Å²) >= 11 is 5.89. The largest absolute Gasteiger partial charge is 0.383 e. The first-order valence-electron chi connectivity index (χ1n) is 7.68. The molecule has 25 heavy (non-hydrogen) atoms. The van der Waals surface area contributed by atoms with Gasteiger partial charge in [0.05, 0.1) is 6.61 Å². The molecule has 130 valence electrons. The van der Waals surface area contributed by atoms with Crippen LogP contribution in [0.5, 0.6) is 0 Å². The predicted octanol–water partition coefficient (Wildman–Crippen LogP) is 2.62. The number of amides is 1. The summed E-state index contributed by atoms with van der Waals surface area (Å²) in [5.74, 6) is 0.690. The van der Waals surface area contributed by atoms with Crippen molar-refractivity contribution in [1.82, 2.24) is 20.0 Å². The fraction of sp³-hybridized carbons (Fsp3) is 0.235. The van der Waals surface area contributed by atoms with Gasteiger partial charge in [-0.05, 0) is 36.4 Å². The number of ether oxygens (including phenoxy) is 1. The maximum Gasteiger partial charge on any atom is 0.274 e. The number of benzene rings is 1. The van der Waals surface area contributed by atoms with Gasteiger partial charge < -0.3 is 19.1 Å².